The number of ether oxygens (including phenoxy) is 1. The van der Waals surface area contributed by atoms with E-state index in [-0.39, 0.29) is 30.0 Å². The van der Waals surface area contributed by atoms with E-state index in [1.54, 1.807) is 18.6 Å². The van der Waals surface area contributed by atoms with Gasteiger partial charge >= 0.3 is 0 Å². The predicted molar refractivity (Wildman–Crippen MR) is 175 cm³/mol. The molecule has 2 atom stereocenters. The Hall–Kier alpha value is -3.55. The van der Waals surface area contributed by atoms with Gasteiger partial charge in [0.15, 0.2) is 5.82 Å². The second kappa shape index (κ2) is 12.4. The van der Waals surface area contributed by atoms with Crippen LogP contribution < -0.4 is 16.0 Å². The van der Waals surface area contributed by atoms with Crippen molar-refractivity contribution in [1.29, 1.82) is 0 Å². The van der Waals surface area contributed by atoms with Crippen LogP contribution in [0.3, 0.4) is 0 Å². The van der Waals surface area contributed by atoms with Crippen molar-refractivity contribution in [3.8, 4) is 11.4 Å². The number of hydrogen-bond acceptors (Lipinski definition) is 11. The topological polar surface area (TPSA) is 133 Å². The van der Waals surface area contributed by atoms with Gasteiger partial charge in [-0.25, -0.2) is 24.9 Å². The maximum Gasteiger partial charge on any atom is 0.228 e. The second-order valence-corrected chi connectivity index (χ2v) is 12.5. The number of rotatable bonds is 6. The Morgan fingerprint density at radius 2 is 1.84 bits per heavy atom. The lowest BCUT2D eigenvalue weighted by Crippen LogP contribution is -2.50. The first kappa shape index (κ1) is 30.5. The molecule has 14 heteroatoms. The molecule has 1 aromatic carbocycles. The number of halogens is 2. The zero-order valence-corrected chi connectivity index (χ0v) is 26.6. The van der Waals surface area contributed by atoms with Crippen molar-refractivity contribution in [3.05, 3.63) is 66.2 Å². The zero-order valence-electron chi connectivity index (χ0n) is 24.2. The molecule has 0 amide bonds. The van der Waals surface area contributed by atoms with Crippen LogP contribution in [0.2, 0.25) is 5.02 Å². The van der Waals surface area contributed by atoms with Crippen molar-refractivity contribution in [3.63, 3.8) is 0 Å². The van der Waals surface area contributed by atoms with Crippen molar-refractivity contribution in [1.82, 2.24) is 34.7 Å². The number of aryl methyl sites for hydroxylation is 1. The van der Waals surface area contributed by atoms with E-state index in [0.717, 1.165) is 64.9 Å². The summed E-state index contributed by atoms with van der Waals surface area (Å²) in [7, 11) is 1.92. The Bertz CT molecular complexity index is 1780. The molecule has 228 valence electrons. The minimum Gasteiger partial charge on any atom is -0.376 e. The van der Waals surface area contributed by atoms with Crippen LogP contribution in [0.15, 0.2) is 71.1 Å². The van der Waals surface area contributed by atoms with E-state index < -0.39 is 0 Å². The molecular weight excluding hydrogens is 619 g/mol. The predicted octanol–water partition coefficient (Wildman–Crippen LogP) is 5.52. The molecule has 5 aromatic rings. The van der Waals surface area contributed by atoms with Gasteiger partial charge in [-0.15, -0.1) is 12.4 Å². The van der Waals surface area contributed by atoms with E-state index in [9.17, 15) is 0 Å². The normalized spacial score (nSPS) is 19.3. The average Bonchev–Trinajstić information content (AvgIpc) is 3.52. The SMILES string of the molecule is C[C@@H]1OCC2(CCN(c3cnc(Sc4ccnc(Nc5nccc(-c6nn(C)c7ccccc67)n5)c4Cl)cn3)CC2)[C@@H]1N.Cl. The summed E-state index contributed by atoms with van der Waals surface area (Å²) >= 11 is 8.21. The molecule has 2 aliphatic rings. The zero-order chi connectivity index (χ0) is 29.6. The van der Waals surface area contributed by atoms with Gasteiger partial charge in [0.05, 0.1) is 41.3 Å². The number of benzene rings is 1. The molecule has 0 saturated carbocycles. The van der Waals surface area contributed by atoms with E-state index in [2.05, 4.69) is 37.2 Å². The summed E-state index contributed by atoms with van der Waals surface area (Å²) in [5.41, 5.74) is 9.05. The van der Waals surface area contributed by atoms with Crippen LogP contribution in [0.4, 0.5) is 17.6 Å². The Balaban J connectivity index is 0.00000343. The summed E-state index contributed by atoms with van der Waals surface area (Å²) in [6, 6.07) is 11.8. The summed E-state index contributed by atoms with van der Waals surface area (Å²) in [6.07, 6.45) is 9.08. The minimum absolute atomic E-state index is 0. The number of nitrogens with two attached hydrogens (primary N) is 1. The van der Waals surface area contributed by atoms with E-state index in [1.165, 1.54) is 11.8 Å². The van der Waals surface area contributed by atoms with Crippen LogP contribution in [0.25, 0.3) is 22.3 Å². The van der Waals surface area contributed by atoms with Crippen LogP contribution in [0.1, 0.15) is 19.8 Å². The van der Waals surface area contributed by atoms with Crippen LogP contribution in [-0.4, -0.2) is 66.5 Å². The van der Waals surface area contributed by atoms with Crippen molar-refractivity contribution in [2.75, 3.05) is 29.9 Å². The molecule has 11 nitrogen and oxygen atoms in total. The highest BCUT2D eigenvalue weighted by Gasteiger charge is 2.47. The van der Waals surface area contributed by atoms with Gasteiger partial charge in [0.25, 0.3) is 0 Å². The number of para-hydroxylation sites is 1. The standard InChI is InChI=1S/C30H31ClN10OS.ClH/c1-18-27(32)30(17-42-18)9-13-41(14-10-30)23-15-36-24(16-35-23)43-22-8-12-33-28(25(22)31)38-29-34-11-7-20(37-29)26-19-5-3-4-6-21(19)40(2)39-26;/h3-8,11-12,15-16,18,27H,9-10,13-14,17,32H2,1-2H3,(H,33,34,37,38);1H/t18-,27+;/m0./s1. The third kappa shape index (κ3) is 5.68. The van der Waals surface area contributed by atoms with Crippen molar-refractivity contribution in [2.45, 2.75) is 41.8 Å². The van der Waals surface area contributed by atoms with E-state index in [4.69, 9.17) is 32.0 Å². The molecule has 2 aliphatic heterocycles. The summed E-state index contributed by atoms with van der Waals surface area (Å²) < 4.78 is 7.70. The Kier molecular flexibility index (Phi) is 8.62. The van der Waals surface area contributed by atoms with Gasteiger partial charge in [0, 0.05) is 54.3 Å². The quantitative estimate of drug-likeness (QED) is 0.241. The number of nitrogens with one attached hydrogen (secondary N) is 1. The van der Waals surface area contributed by atoms with Gasteiger partial charge in [-0.1, -0.05) is 41.6 Å². The highest BCUT2D eigenvalue weighted by Crippen LogP contribution is 2.42. The minimum atomic E-state index is 0. The summed E-state index contributed by atoms with van der Waals surface area (Å²) in [5.74, 6) is 1.68. The molecule has 4 aromatic heterocycles. The van der Waals surface area contributed by atoms with Gasteiger partial charge in [-0.3, -0.25) is 4.68 Å². The summed E-state index contributed by atoms with van der Waals surface area (Å²) in [4.78, 5) is 25.9. The highest BCUT2D eigenvalue weighted by molar-refractivity contribution is 7.99. The maximum atomic E-state index is 6.79. The van der Waals surface area contributed by atoms with E-state index in [0.29, 0.717) is 22.5 Å². The van der Waals surface area contributed by atoms with Crippen LogP contribution >= 0.6 is 35.8 Å². The number of hydrogen-bond donors (Lipinski definition) is 2. The molecule has 3 N–H and O–H groups in total. The third-order valence-electron chi connectivity index (χ3n) is 8.50. The van der Waals surface area contributed by atoms with Crippen molar-refractivity contribution >= 4 is 64.3 Å². The maximum absolute atomic E-state index is 6.79. The Labute approximate surface area is 270 Å². The van der Waals surface area contributed by atoms with Gasteiger partial charge < -0.3 is 20.7 Å². The van der Waals surface area contributed by atoms with Gasteiger partial charge in [-0.2, -0.15) is 5.10 Å². The van der Waals surface area contributed by atoms with Gasteiger partial charge in [-0.05, 0) is 38.0 Å². The molecule has 2 fully saturated rings. The monoisotopic (exact) mass is 650 g/mol. The van der Waals surface area contributed by atoms with Gasteiger partial charge in [0.2, 0.25) is 5.95 Å². The van der Waals surface area contributed by atoms with Crippen molar-refractivity contribution < 1.29 is 4.74 Å². The highest BCUT2D eigenvalue weighted by atomic mass is 35.5. The van der Waals surface area contributed by atoms with Crippen LogP contribution in [-0.2, 0) is 11.8 Å². The molecule has 6 heterocycles. The number of nitrogens with zero attached hydrogens (tertiary/aromatic N) is 8. The molecule has 1 spiro atoms. The lowest BCUT2D eigenvalue weighted by atomic mass is 9.73. The van der Waals surface area contributed by atoms with Crippen molar-refractivity contribution in [2.24, 2.45) is 18.2 Å². The van der Waals surface area contributed by atoms with Crippen LogP contribution in [0, 0.1) is 5.41 Å². The lowest BCUT2D eigenvalue weighted by Gasteiger charge is -2.41. The molecule has 0 aliphatic carbocycles. The first-order valence-corrected chi connectivity index (χ1v) is 15.4. The van der Waals surface area contributed by atoms with E-state index >= 15 is 0 Å². The molecule has 0 unspecified atom stereocenters. The lowest BCUT2D eigenvalue weighted by molar-refractivity contribution is 0.0974. The Morgan fingerprint density at radius 3 is 2.59 bits per heavy atom. The largest absolute Gasteiger partial charge is 0.376 e. The molecule has 0 radical (unpaired) electrons. The fourth-order valence-electron chi connectivity index (χ4n) is 5.94. The first-order valence-electron chi connectivity index (χ1n) is 14.2. The average molecular weight is 652 g/mol. The smallest absolute Gasteiger partial charge is 0.228 e. The summed E-state index contributed by atoms with van der Waals surface area (Å²) in [6.45, 7) is 4.58. The summed E-state index contributed by atoms with van der Waals surface area (Å²) in [5, 5.41) is 10.0. The number of pyridine rings is 1. The fraction of sp³-hybridized carbons (Fsp3) is 0.333. The van der Waals surface area contributed by atoms with Crippen LogP contribution in [0.5, 0.6) is 0 Å². The Morgan fingerprint density at radius 1 is 1.05 bits per heavy atom. The third-order valence-corrected chi connectivity index (χ3v) is 9.97. The molecule has 0 bridgehead atoms. The van der Waals surface area contributed by atoms with E-state index in [1.807, 2.05) is 54.3 Å². The fourth-order valence-corrected chi connectivity index (χ4v) is 6.97. The second-order valence-electron chi connectivity index (χ2n) is 11.1. The van der Waals surface area contributed by atoms with Gasteiger partial charge in [0.1, 0.15) is 16.5 Å². The number of anilines is 3. The first-order chi connectivity index (χ1) is 20.9. The molecule has 44 heavy (non-hydrogen) atoms. The molecule has 2 saturated heterocycles. The molecular formula is C30H32Cl2N10OS. The molecule has 7 rings (SSSR count). The number of fused-ring (bicyclic) bond motifs is 1. The number of aromatic nitrogens is 7. The number of piperidine rings is 1.